The van der Waals surface area contributed by atoms with E-state index >= 15 is 0 Å². The Balaban J connectivity index is 2.00. The lowest BCUT2D eigenvalue weighted by atomic mass is 9.70. The largest absolute Gasteiger partial charge is 0.334 e. The Morgan fingerprint density at radius 1 is 0.806 bits per heavy atom. The van der Waals surface area contributed by atoms with E-state index in [-0.39, 0.29) is 19.0 Å². The maximum absolute atomic E-state index is 13.9. The van der Waals surface area contributed by atoms with Gasteiger partial charge in [0.15, 0.2) is 0 Å². The lowest BCUT2D eigenvalue weighted by molar-refractivity contribution is -0.162. The molecule has 36 heavy (non-hydrogen) atoms. The summed E-state index contributed by atoms with van der Waals surface area (Å²) in [6, 6.07) is 19.0. The van der Waals surface area contributed by atoms with Crippen LogP contribution >= 0.6 is 0 Å². The van der Waals surface area contributed by atoms with Crippen molar-refractivity contribution < 1.29 is 14.4 Å². The molecule has 0 N–H and O–H groups in total. The van der Waals surface area contributed by atoms with Crippen LogP contribution in [-0.4, -0.2) is 40.7 Å². The summed E-state index contributed by atoms with van der Waals surface area (Å²) in [5, 5.41) is 0. The molecular formula is C31H36N2O3. The van der Waals surface area contributed by atoms with Gasteiger partial charge in [0.2, 0.25) is 11.8 Å². The average Bonchev–Trinajstić information content (AvgIpc) is 2.86. The molecule has 4 amide bonds. The van der Waals surface area contributed by atoms with Gasteiger partial charge in [-0.15, -0.1) is 6.58 Å². The number of carbonyl (C=O) groups excluding carboxylic acids is 3. The van der Waals surface area contributed by atoms with Crippen molar-refractivity contribution >= 4 is 30.0 Å². The summed E-state index contributed by atoms with van der Waals surface area (Å²) in [6.45, 7) is 11.6. The number of benzene rings is 2. The van der Waals surface area contributed by atoms with Crippen molar-refractivity contribution in [3.05, 3.63) is 95.6 Å². The molecule has 5 heteroatoms. The molecule has 0 aliphatic carbocycles. The SMILES string of the molecule is C=CCCC1(C(C)C)C(=O)N(C/C(C)=C/c2ccccc2)C(=O)N(C/C(C)=C/c2ccccc2)C1=O. The zero-order valence-electron chi connectivity index (χ0n) is 21.7. The third kappa shape index (κ3) is 5.73. The molecule has 3 rings (SSSR count). The van der Waals surface area contributed by atoms with E-state index in [1.165, 1.54) is 9.80 Å². The third-order valence-electron chi connectivity index (χ3n) is 6.68. The minimum atomic E-state index is -1.32. The molecule has 5 nitrogen and oxygen atoms in total. The molecule has 1 aliphatic rings. The topological polar surface area (TPSA) is 57.7 Å². The number of hydrogen-bond acceptors (Lipinski definition) is 3. The maximum atomic E-state index is 13.9. The van der Waals surface area contributed by atoms with Gasteiger partial charge in [0.05, 0.1) is 13.1 Å². The number of rotatable bonds is 10. The fraction of sp³-hybridized carbons (Fsp3) is 0.323. The van der Waals surface area contributed by atoms with E-state index in [1.807, 2.05) is 101 Å². The molecule has 1 heterocycles. The molecule has 2 aromatic carbocycles. The van der Waals surface area contributed by atoms with E-state index < -0.39 is 23.3 Å². The quantitative estimate of drug-likeness (QED) is 0.282. The van der Waals surface area contributed by atoms with Crippen LogP contribution in [-0.2, 0) is 9.59 Å². The summed E-state index contributed by atoms with van der Waals surface area (Å²) >= 11 is 0. The van der Waals surface area contributed by atoms with E-state index in [9.17, 15) is 14.4 Å². The predicted octanol–water partition coefficient (Wildman–Crippen LogP) is 6.59. The highest BCUT2D eigenvalue weighted by Crippen LogP contribution is 2.41. The number of hydrogen-bond donors (Lipinski definition) is 0. The second-order valence-electron chi connectivity index (χ2n) is 9.82. The first-order valence-corrected chi connectivity index (χ1v) is 12.4. The minimum Gasteiger partial charge on any atom is -0.273 e. The first-order chi connectivity index (χ1) is 17.2. The van der Waals surface area contributed by atoms with Crippen LogP contribution in [0.15, 0.2) is 84.5 Å². The number of imide groups is 2. The molecule has 1 fully saturated rings. The number of urea groups is 1. The standard InChI is InChI=1S/C31H36N2O3/c1-6-7-18-31(23(2)3)28(34)32(21-24(4)19-26-14-10-8-11-15-26)30(36)33(29(31)35)22-25(5)20-27-16-12-9-13-17-27/h6,8-17,19-20,23H,1,7,18,21-22H2,2-5H3/b24-19+,25-20+. The number of carbonyl (C=O) groups is 3. The van der Waals surface area contributed by atoms with Crippen LogP contribution in [0.5, 0.6) is 0 Å². The van der Waals surface area contributed by atoms with Crippen molar-refractivity contribution in [2.75, 3.05) is 13.1 Å². The van der Waals surface area contributed by atoms with Crippen LogP contribution in [0, 0.1) is 11.3 Å². The van der Waals surface area contributed by atoms with Crippen molar-refractivity contribution in [3.8, 4) is 0 Å². The Kier molecular flexibility index (Phi) is 8.81. The Bertz CT molecular complexity index is 1080. The van der Waals surface area contributed by atoms with E-state index in [0.29, 0.717) is 12.8 Å². The highest BCUT2D eigenvalue weighted by atomic mass is 16.2. The van der Waals surface area contributed by atoms with Gasteiger partial charge >= 0.3 is 6.03 Å². The molecule has 188 valence electrons. The van der Waals surface area contributed by atoms with Gasteiger partial charge in [0.1, 0.15) is 5.41 Å². The van der Waals surface area contributed by atoms with Crippen LogP contribution in [0.25, 0.3) is 12.2 Å². The number of barbiturate groups is 1. The molecule has 0 atom stereocenters. The van der Waals surface area contributed by atoms with Crippen LogP contribution < -0.4 is 0 Å². The lowest BCUT2D eigenvalue weighted by Gasteiger charge is -2.46. The van der Waals surface area contributed by atoms with Gasteiger partial charge in [-0.2, -0.15) is 0 Å². The van der Waals surface area contributed by atoms with E-state index in [1.54, 1.807) is 6.08 Å². The average molecular weight is 485 g/mol. The van der Waals surface area contributed by atoms with Crippen LogP contribution in [0.2, 0.25) is 0 Å². The molecule has 0 radical (unpaired) electrons. The molecule has 0 saturated carbocycles. The maximum Gasteiger partial charge on any atom is 0.334 e. The summed E-state index contributed by atoms with van der Waals surface area (Å²) in [5.41, 5.74) is 2.37. The molecular weight excluding hydrogens is 448 g/mol. The molecule has 0 spiro atoms. The number of amides is 4. The third-order valence-corrected chi connectivity index (χ3v) is 6.68. The molecule has 1 aliphatic heterocycles. The van der Waals surface area contributed by atoms with Crippen LogP contribution in [0.1, 0.15) is 51.7 Å². The Morgan fingerprint density at radius 3 is 1.58 bits per heavy atom. The van der Waals surface area contributed by atoms with Crippen molar-refractivity contribution in [1.29, 1.82) is 0 Å². The Hall–Kier alpha value is -3.73. The van der Waals surface area contributed by atoms with E-state index in [2.05, 4.69) is 6.58 Å². The number of allylic oxidation sites excluding steroid dienone is 1. The summed E-state index contributed by atoms with van der Waals surface area (Å²) in [6.07, 6.45) is 6.46. The van der Waals surface area contributed by atoms with Crippen molar-refractivity contribution in [1.82, 2.24) is 9.80 Å². The summed E-state index contributed by atoms with van der Waals surface area (Å²) in [7, 11) is 0. The lowest BCUT2D eigenvalue weighted by Crippen LogP contribution is -2.67. The summed E-state index contributed by atoms with van der Waals surface area (Å²) in [5.74, 6) is -1.13. The minimum absolute atomic E-state index is 0.125. The van der Waals surface area contributed by atoms with Crippen molar-refractivity contribution in [3.63, 3.8) is 0 Å². The highest BCUT2D eigenvalue weighted by molar-refractivity contribution is 6.19. The Labute approximate surface area is 214 Å². The first-order valence-electron chi connectivity index (χ1n) is 12.4. The molecule has 0 unspecified atom stereocenters. The normalized spacial score (nSPS) is 16.6. The van der Waals surface area contributed by atoms with Gasteiger partial charge in [0.25, 0.3) is 0 Å². The fourth-order valence-corrected chi connectivity index (χ4v) is 4.76. The monoisotopic (exact) mass is 484 g/mol. The molecule has 1 saturated heterocycles. The van der Waals surface area contributed by atoms with Crippen LogP contribution in [0.4, 0.5) is 4.79 Å². The van der Waals surface area contributed by atoms with E-state index in [0.717, 1.165) is 22.3 Å². The van der Waals surface area contributed by atoms with Gasteiger partial charge in [-0.1, -0.05) is 104 Å². The highest BCUT2D eigenvalue weighted by Gasteiger charge is 2.58. The molecule has 0 aromatic heterocycles. The van der Waals surface area contributed by atoms with E-state index in [4.69, 9.17) is 0 Å². The number of nitrogens with zero attached hydrogens (tertiary/aromatic N) is 2. The van der Waals surface area contributed by atoms with Gasteiger partial charge in [-0.25, -0.2) is 4.79 Å². The van der Waals surface area contributed by atoms with Crippen LogP contribution in [0.3, 0.4) is 0 Å². The second-order valence-corrected chi connectivity index (χ2v) is 9.82. The zero-order chi connectivity index (χ0) is 26.3. The predicted molar refractivity (Wildman–Crippen MR) is 146 cm³/mol. The van der Waals surface area contributed by atoms with Gasteiger partial charge in [-0.05, 0) is 43.7 Å². The van der Waals surface area contributed by atoms with Crippen molar-refractivity contribution in [2.45, 2.75) is 40.5 Å². The van der Waals surface area contributed by atoms with Crippen molar-refractivity contribution in [2.24, 2.45) is 11.3 Å². The van der Waals surface area contributed by atoms with Gasteiger partial charge in [0, 0.05) is 0 Å². The fourth-order valence-electron chi connectivity index (χ4n) is 4.76. The first kappa shape index (κ1) is 26.9. The zero-order valence-corrected chi connectivity index (χ0v) is 21.7. The smallest absolute Gasteiger partial charge is 0.273 e. The second kappa shape index (κ2) is 11.8. The molecule has 2 aromatic rings. The summed E-state index contributed by atoms with van der Waals surface area (Å²) < 4.78 is 0. The van der Waals surface area contributed by atoms with Gasteiger partial charge < -0.3 is 0 Å². The molecule has 0 bridgehead atoms. The Morgan fingerprint density at radius 2 is 1.22 bits per heavy atom. The van der Waals surface area contributed by atoms with Gasteiger partial charge in [-0.3, -0.25) is 19.4 Å². The summed E-state index contributed by atoms with van der Waals surface area (Å²) in [4.78, 5) is 44.0.